The zero-order valence-corrected chi connectivity index (χ0v) is 17.8. The number of hydrogen-bond donors (Lipinski definition) is 0. The Morgan fingerprint density at radius 1 is 1.07 bits per heavy atom. The van der Waals surface area contributed by atoms with Gasteiger partial charge in [-0.05, 0) is 68.5 Å². The third-order valence-corrected chi connectivity index (χ3v) is 6.47. The van der Waals surface area contributed by atoms with Crippen LogP contribution in [0.5, 0.6) is 0 Å². The molecule has 4 heteroatoms. The Bertz CT molecular complexity index is 906. The summed E-state index contributed by atoms with van der Waals surface area (Å²) < 4.78 is 0. The average molecular weight is 390 g/mol. The predicted octanol–water partition coefficient (Wildman–Crippen LogP) is 4.86. The Kier molecular flexibility index (Phi) is 5.81. The summed E-state index contributed by atoms with van der Waals surface area (Å²) in [6, 6.07) is 17.2. The summed E-state index contributed by atoms with van der Waals surface area (Å²) in [5.74, 6) is 0.103. The van der Waals surface area contributed by atoms with E-state index in [1.54, 1.807) is 5.01 Å². The van der Waals surface area contributed by atoms with E-state index in [1.165, 1.54) is 30.4 Å². The minimum atomic E-state index is -0.0274. The molecule has 2 heterocycles. The predicted molar refractivity (Wildman–Crippen MR) is 118 cm³/mol. The fourth-order valence-corrected chi connectivity index (χ4v) is 4.41. The van der Waals surface area contributed by atoms with Crippen LogP contribution in [0.1, 0.15) is 60.9 Å². The van der Waals surface area contributed by atoms with E-state index in [2.05, 4.69) is 56.0 Å². The molecule has 2 atom stereocenters. The zero-order valence-electron chi connectivity index (χ0n) is 17.8. The first-order chi connectivity index (χ1) is 14.0. The van der Waals surface area contributed by atoms with Crippen molar-refractivity contribution in [2.75, 3.05) is 13.1 Å². The third kappa shape index (κ3) is 4.27. The quantitative estimate of drug-likeness (QED) is 0.749. The molecule has 2 aromatic rings. The smallest absolute Gasteiger partial charge is 0.257 e. The number of piperidine rings is 1. The van der Waals surface area contributed by atoms with Crippen molar-refractivity contribution in [3.8, 4) is 0 Å². The van der Waals surface area contributed by atoms with E-state index in [1.807, 2.05) is 18.2 Å². The average Bonchev–Trinajstić information content (AvgIpc) is 3.18. The third-order valence-electron chi connectivity index (χ3n) is 6.47. The molecule has 0 saturated carbocycles. The summed E-state index contributed by atoms with van der Waals surface area (Å²) in [5, 5.41) is 6.60. The number of aryl methyl sites for hydroxylation is 2. The van der Waals surface area contributed by atoms with Crippen molar-refractivity contribution in [2.45, 2.75) is 58.5 Å². The number of hydrazone groups is 1. The van der Waals surface area contributed by atoms with Gasteiger partial charge in [-0.25, -0.2) is 5.01 Å². The summed E-state index contributed by atoms with van der Waals surface area (Å²) >= 11 is 0. The Morgan fingerprint density at radius 3 is 2.59 bits per heavy atom. The molecule has 0 unspecified atom stereocenters. The van der Waals surface area contributed by atoms with Crippen molar-refractivity contribution in [3.05, 3.63) is 70.8 Å². The lowest BCUT2D eigenvalue weighted by molar-refractivity contribution is -0.135. The largest absolute Gasteiger partial charge is 0.292 e. The molecule has 4 nitrogen and oxygen atoms in total. The highest BCUT2D eigenvalue weighted by atomic mass is 16.2. The van der Waals surface area contributed by atoms with Crippen LogP contribution in [0, 0.1) is 13.8 Å². The molecular formula is C25H31N3O. The van der Waals surface area contributed by atoms with E-state index in [4.69, 9.17) is 5.10 Å². The molecule has 0 N–H and O–H groups in total. The SMILES string of the molecule is Cc1ccc(C2=NN(C(=O)CN3CCCC[C@H]3C)[C@H](c3ccccc3)C2)cc1C. The van der Waals surface area contributed by atoms with E-state index < -0.39 is 0 Å². The number of carbonyl (C=O) groups excluding carboxylic acids is 1. The topological polar surface area (TPSA) is 35.9 Å². The first-order valence-corrected chi connectivity index (χ1v) is 10.8. The van der Waals surface area contributed by atoms with Crippen LogP contribution in [-0.2, 0) is 4.79 Å². The summed E-state index contributed by atoms with van der Waals surface area (Å²) in [4.78, 5) is 15.6. The van der Waals surface area contributed by atoms with Crippen LogP contribution in [0.15, 0.2) is 53.6 Å². The first-order valence-electron chi connectivity index (χ1n) is 10.8. The molecule has 2 aliphatic heterocycles. The molecule has 29 heavy (non-hydrogen) atoms. The number of benzene rings is 2. The Hall–Kier alpha value is -2.46. The van der Waals surface area contributed by atoms with Gasteiger partial charge in [-0.15, -0.1) is 0 Å². The van der Waals surface area contributed by atoms with E-state index >= 15 is 0 Å². The Labute approximate surface area is 174 Å². The van der Waals surface area contributed by atoms with Gasteiger partial charge in [-0.3, -0.25) is 9.69 Å². The Balaban J connectivity index is 1.61. The molecule has 152 valence electrons. The highest BCUT2D eigenvalue weighted by Gasteiger charge is 2.34. The molecule has 2 aromatic carbocycles. The monoisotopic (exact) mass is 389 g/mol. The van der Waals surface area contributed by atoms with Crippen molar-refractivity contribution in [1.29, 1.82) is 0 Å². The first kappa shape index (κ1) is 19.8. The number of amides is 1. The summed E-state index contributed by atoms with van der Waals surface area (Å²) in [5.41, 5.74) is 5.81. The van der Waals surface area contributed by atoms with Crippen molar-refractivity contribution < 1.29 is 4.79 Å². The second-order valence-corrected chi connectivity index (χ2v) is 8.53. The summed E-state index contributed by atoms with van der Waals surface area (Å²) in [6.07, 6.45) is 4.37. The summed E-state index contributed by atoms with van der Waals surface area (Å²) in [6.45, 7) is 7.94. The molecule has 2 aliphatic rings. The number of rotatable bonds is 4. The molecule has 0 spiro atoms. The standard InChI is InChI=1S/C25H31N3O/c1-18-12-13-22(15-19(18)2)23-16-24(21-10-5-4-6-11-21)28(26-23)25(29)17-27-14-8-7-9-20(27)3/h4-6,10-13,15,20,24H,7-9,14,16-17H2,1-3H3/t20-,24+/m1/s1. The van der Waals surface area contributed by atoms with Crippen molar-refractivity contribution in [1.82, 2.24) is 9.91 Å². The zero-order chi connectivity index (χ0) is 20.4. The molecular weight excluding hydrogens is 358 g/mol. The highest BCUT2D eigenvalue weighted by molar-refractivity contribution is 6.03. The van der Waals surface area contributed by atoms with Crippen molar-refractivity contribution in [2.24, 2.45) is 5.10 Å². The summed E-state index contributed by atoms with van der Waals surface area (Å²) in [7, 11) is 0. The maximum Gasteiger partial charge on any atom is 0.257 e. The lowest BCUT2D eigenvalue weighted by Gasteiger charge is -2.34. The van der Waals surface area contributed by atoms with Gasteiger partial charge in [0.05, 0.1) is 18.3 Å². The van der Waals surface area contributed by atoms with Gasteiger partial charge in [-0.2, -0.15) is 5.10 Å². The van der Waals surface area contributed by atoms with Gasteiger partial charge in [0, 0.05) is 12.5 Å². The van der Waals surface area contributed by atoms with Crippen molar-refractivity contribution >= 4 is 11.6 Å². The lowest BCUT2D eigenvalue weighted by atomic mass is 9.96. The van der Waals surface area contributed by atoms with Crippen LogP contribution in [0.2, 0.25) is 0 Å². The van der Waals surface area contributed by atoms with Gasteiger partial charge in [0.2, 0.25) is 0 Å². The molecule has 0 aromatic heterocycles. The fourth-order valence-electron chi connectivity index (χ4n) is 4.41. The van der Waals surface area contributed by atoms with Crippen LogP contribution in [0.25, 0.3) is 0 Å². The normalized spacial score (nSPS) is 22.6. The molecule has 1 fully saturated rings. The fraction of sp³-hybridized carbons (Fsp3) is 0.440. The number of hydrogen-bond acceptors (Lipinski definition) is 3. The van der Waals surface area contributed by atoms with Gasteiger partial charge in [0.15, 0.2) is 0 Å². The maximum absolute atomic E-state index is 13.3. The minimum absolute atomic E-state index is 0.0274. The lowest BCUT2D eigenvalue weighted by Crippen LogP contribution is -2.44. The molecule has 0 aliphatic carbocycles. The second kappa shape index (κ2) is 8.50. The van der Waals surface area contributed by atoms with Gasteiger partial charge >= 0.3 is 0 Å². The van der Waals surface area contributed by atoms with Crippen LogP contribution >= 0.6 is 0 Å². The minimum Gasteiger partial charge on any atom is -0.292 e. The van der Waals surface area contributed by atoms with Crippen LogP contribution in [0.4, 0.5) is 0 Å². The number of nitrogens with zero attached hydrogens (tertiary/aromatic N) is 3. The van der Waals surface area contributed by atoms with Crippen LogP contribution in [-0.4, -0.2) is 40.7 Å². The molecule has 0 bridgehead atoms. The second-order valence-electron chi connectivity index (χ2n) is 8.53. The van der Waals surface area contributed by atoms with E-state index in [0.717, 1.165) is 29.8 Å². The van der Waals surface area contributed by atoms with Crippen LogP contribution < -0.4 is 0 Å². The van der Waals surface area contributed by atoms with E-state index in [0.29, 0.717) is 12.6 Å². The number of likely N-dealkylation sites (tertiary alicyclic amines) is 1. The highest BCUT2D eigenvalue weighted by Crippen LogP contribution is 2.33. The molecule has 0 radical (unpaired) electrons. The molecule has 1 amide bonds. The van der Waals surface area contributed by atoms with Crippen molar-refractivity contribution in [3.63, 3.8) is 0 Å². The van der Waals surface area contributed by atoms with Gasteiger partial charge < -0.3 is 0 Å². The van der Waals surface area contributed by atoms with E-state index in [-0.39, 0.29) is 11.9 Å². The number of carbonyl (C=O) groups is 1. The van der Waals surface area contributed by atoms with E-state index in [9.17, 15) is 4.79 Å². The maximum atomic E-state index is 13.3. The van der Waals surface area contributed by atoms with Gasteiger partial charge in [0.25, 0.3) is 5.91 Å². The molecule has 4 rings (SSSR count). The molecule has 1 saturated heterocycles. The van der Waals surface area contributed by atoms with Gasteiger partial charge in [-0.1, -0.05) is 48.9 Å². The Morgan fingerprint density at radius 2 is 1.86 bits per heavy atom. The van der Waals surface area contributed by atoms with Gasteiger partial charge in [0.1, 0.15) is 0 Å². The van der Waals surface area contributed by atoms with Crippen LogP contribution in [0.3, 0.4) is 0 Å².